The van der Waals surface area contributed by atoms with Crippen LogP contribution in [0.15, 0.2) is 23.1 Å². The molecule has 15 heavy (non-hydrogen) atoms. The van der Waals surface area contributed by atoms with Gasteiger partial charge in [-0.2, -0.15) is 0 Å². The highest BCUT2D eigenvalue weighted by atomic mass is 32.1. The van der Waals surface area contributed by atoms with E-state index in [0.29, 0.717) is 12.1 Å². The Bertz CT molecular complexity index is 420. The summed E-state index contributed by atoms with van der Waals surface area (Å²) >= 11 is 4.21. The van der Waals surface area contributed by atoms with Crippen LogP contribution in [0.3, 0.4) is 0 Å². The lowest BCUT2D eigenvalue weighted by atomic mass is 10.1. The molecule has 0 aliphatic rings. The summed E-state index contributed by atoms with van der Waals surface area (Å²) in [5, 5.41) is 0. The zero-order chi connectivity index (χ0) is 11.4. The summed E-state index contributed by atoms with van der Waals surface area (Å²) in [4.78, 5) is 14.2. The average Bonchev–Trinajstić information content (AvgIpc) is 2.21. The van der Waals surface area contributed by atoms with E-state index in [0.717, 1.165) is 10.5 Å². The van der Waals surface area contributed by atoms with Crippen LogP contribution in [0, 0.1) is 19.3 Å². The number of nitrogens with zero attached hydrogens (tertiary/aromatic N) is 1. The van der Waals surface area contributed by atoms with E-state index in [2.05, 4.69) is 18.5 Å². The van der Waals surface area contributed by atoms with Gasteiger partial charge in [0.2, 0.25) is 0 Å². The molecule has 0 heterocycles. The first kappa shape index (κ1) is 11.7. The molecule has 0 spiro atoms. The summed E-state index contributed by atoms with van der Waals surface area (Å²) in [5.41, 5.74) is 1.59. The van der Waals surface area contributed by atoms with E-state index in [9.17, 15) is 4.79 Å². The summed E-state index contributed by atoms with van der Waals surface area (Å²) in [6.07, 6.45) is 5.15. The summed E-state index contributed by atoms with van der Waals surface area (Å²) in [5.74, 6) is 2.37. The van der Waals surface area contributed by atoms with E-state index in [-0.39, 0.29) is 5.91 Å². The van der Waals surface area contributed by atoms with Crippen LogP contribution < -0.4 is 0 Å². The largest absolute Gasteiger partial charge is 0.331 e. The summed E-state index contributed by atoms with van der Waals surface area (Å²) in [6.45, 7) is 2.21. The minimum Gasteiger partial charge on any atom is -0.331 e. The molecule has 0 radical (unpaired) electrons. The molecular weight excluding hydrogens is 206 g/mol. The number of amides is 1. The fraction of sp³-hybridized carbons (Fsp3) is 0.250. The molecule has 0 saturated heterocycles. The number of hydrogen-bond donors (Lipinski definition) is 1. The second-order valence-electron chi connectivity index (χ2n) is 3.36. The molecule has 1 amide bonds. The van der Waals surface area contributed by atoms with Gasteiger partial charge in [-0.05, 0) is 24.6 Å². The highest BCUT2D eigenvalue weighted by molar-refractivity contribution is 7.80. The smallest absolute Gasteiger partial charge is 0.254 e. The second-order valence-corrected chi connectivity index (χ2v) is 3.88. The standard InChI is InChI=1S/C12H13NOS/c1-4-7-13(3)12(14)11-8-10(15)6-5-9(11)2/h1,5-6,8,15H,7H2,2-3H3. The Labute approximate surface area is 95.7 Å². The van der Waals surface area contributed by atoms with Gasteiger partial charge in [-0.15, -0.1) is 19.1 Å². The summed E-state index contributed by atoms with van der Waals surface area (Å²) < 4.78 is 0. The summed E-state index contributed by atoms with van der Waals surface area (Å²) in [6, 6.07) is 5.49. The van der Waals surface area contributed by atoms with E-state index in [1.54, 1.807) is 13.1 Å². The van der Waals surface area contributed by atoms with Crippen molar-refractivity contribution >= 4 is 18.5 Å². The molecule has 1 aromatic carbocycles. The number of aryl methyl sites for hydroxylation is 1. The maximum Gasteiger partial charge on any atom is 0.254 e. The Hall–Kier alpha value is -1.40. The lowest BCUT2D eigenvalue weighted by Gasteiger charge is -2.15. The van der Waals surface area contributed by atoms with Crippen molar-refractivity contribution in [3.05, 3.63) is 29.3 Å². The maximum atomic E-state index is 11.9. The predicted molar refractivity (Wildman–Crippen MR) is 64.2 cm³/mol. The molecule has 0 atom stereocenters. The first-order valence-corrected chi connectivity index (χ1v) is 4.99. The molecule has 0 aliphatic carbocycles. The molecule has 0 fully saturated rings. The number of thiol groups is 1. The summed E-state index contributed by atoms with van der Waals surface area (Å²) in [7, 11) is 1.69. The van der Waals surface area contributed by atoms with Crippen LogP contribution in [-0.4, -0.2) is 24.4 Å². The second kappa shape index (κ2) is 4.90. The highest BCUT2D eigenvalue weighted by Gasteiger charge is 2.13. The van der Waals surface area contributed by atoms with Gasteiger partial charge in [0.05, 0.1) is 6.54 Å². The van der Waals surface area contributed by atoms with Gasteiger partial charge < -0.3 is 4.90 Å². The van der Waals surface area contributed by atoms with Gasteiger partial charge in [0.1, 0.15) is 0 Å². The number of benzene rings is 1. The van der Waals surface area contributed by atoms with Crippen LogP contribution >= 0.6 is 12.6 Å². The third-order valence-corrected chi connectivity index (χ3v) is 2.40. The monoisotopic (exact) mass is 219 g/mol. The highest BCUT2D eigenvalue weighted by Crippen LogP contribution is 2.15. The van der Waals surface area contributed by atoms with E-state index >= 15 is 0 Å². The molecule has 78 valence electrons. The van der Waals surface area contributed by atoms with Crippen molar-refractivity contribution < 1.29 is 4.79 Å². The molecule has 1 aromatic rings. The van der Waals surface area contributed by atoms with Crippen LogP contribution in [0.5, 0.6) is 0 Å². The topological polar surface area (TPSA) is 20.3 Å². The molecule has 1 rings (SSSR count). The van der Waals surface area contributed by atoms with Crippen molar-refractivity contribution in [1.29, 1.82) is 0 Å². The van der Waals surface area contributed by atoms with Crippen molar-refractivity contribution in [2.75, 3.05) is 13.6 Å². The molecule has 0 unspecified atom stereocenters. The maximum absolute atomic E-state index is 11.9. The van der Waals surface area contributed by atoms with Crippen molar-refractivity contribution in [3.8, 4) is 12.3 Å². The quantitative estimate of drug-likeness (QED) is 0.596. The Kier molecular flexibility index (Phi) is 3.81. The van der Waals surface area contributed by atoms with Crippen LogP contribution in [0.2, 0.25) is 0 Å². The van der Waals surface area contributed by atoms with Crippen molar-refractivity contribution in [1.82, 2.24) is 4.90 Å². The van der Waals surface area contributed by atoms with E-state index in [4.69, 9.17) is 6.42 Å². The van der Waals surface area contributed by atoms with Gasteiger partial charge in [0.15, 0.2) is 0 Å². The molecule has 0 aliphatic heterocycles. The normalized spacial score (nSPS) is 9.47. The fourth-order valence-electron chi connectivity index (χ4n) is 1.25. The zero-order valence-corrected chi connectivity index (χ0v) is 9.71. The van der Waals surface area contributed by atoms with Gasteiger partial charge in [0.25, 0.3) is 5.91 Å². The minimum absolute atomic E-state index is 0.0682. The predicted octanol–water partition coefficient (Wildman–Crippen LogP) is 1.99. The number of carbonyl (C=O) groups excluding carboxylic acids is 1. The number of hydrogen-bond acceptors (Lipinski definition) is 2. The van der Waals surface area contributed by atoms with E-state index in [1.807, 2.05) is 19.1 Å². The van der Waals surface area contributed by atoms with Crippen LogP contribution in [-0.2, 0) is 0 Å². The van der Waals surface area contributed by atoms with E-state index < -0.39 is 0 Å². The average molecular weight is 219 g/mol. The van der Waals surface area contributed by atoms with Gasteiger partial charge in [-0.3, -0.25) is 4.79 Å². The zero-order valence-electron chi connectivity index (χ0n) is 8.82. The lowest BCUT2D eigenvalue weighted by molar-refractivity contribution is 0.0811. The van der Waals surface area contributed by atoms with Crippen LogP contribution in [0.1, 0.15) is 15.9 Å². The molecule has 0 aromatic heterocycles. The van der Waals surface area contributed by atoms with Crippen molar-refractivity contribution in [2.45, 2.75) is 11.8 Å². The van der Waals surface area contributed by atoms with Crippen molar-refractivity contribution in [2.24, 2.45) is 0 Å². The molecule has 0 saturated carbocycles. The number of terminal acetylenes is 1. The van der Waals surface area contributed by atoms with Crippen LogP contribution in [0.4, 0.5) is 0 Å². The number of rotatable bonds is 2. The third-order valence-electron chi connectivity index (χ3n) is 2.13. The van der Waals surface area contributed by atoms with Gasteiger partial charge in [-0.25, -0.2) is 0 Å². The molecular formula is C12H13NOS. The van der Waals surface area contributed by atoms with E-state index in [1.165, 1.54) is 4.90 Å². The Morgan fingerprint density at radius 2 is 2.27 bits per heavy atom. The SMILES string of the molecule is C#CCN(C)C(=O)c1cc(S)ccc1C. The first-order chi connectivity index (χ1) is 7.06. The third kappa shape index (κ3) is 2.77. The lowest BCUT2D eigenvalue weighted by Crippen LogP contribution is -2.27. The Balaban J connectivity index is 3.01. The first-order valence-electron chi connectivity index (χ1n) is 4.55. The fourth-order valence-corrected chi connectivity index (χ4v) is 1.46. The molecule has 0 N–H and O–H groups in total. The minimum atomic E-state index is -0.0682. The number of carbonyl (C=O) groups is 1. The van der Waals surface area contributed by atoms with Gasteiger partial charge >= 0.3 is 0 Å². The Morgan fingerprint density at radius 1 is 1.60 bits per heavy atom. The van der Waals surface area contributed by atoms with Crippen LogP contribution in [0.25, 0.3) is 0 Å². The molecule has 3 heteroatoms. The molecule has 0 bridgehead atoms. The van der Waals surface area contributed by atoms with Gasteiger partial charge in [-0.1, -0.05) is 12.0 Å². The molecule has 2 nitrogen and oxygen atoms in total. The van der Waals surface area contributed by atoms with Crippen molar-refractivity contribution in [3.63, 3.8) is 0 Å². The van der Waals surface area contributed by atoms with Gasteiger partial charge in [0, 0.05) is 17.5 Å². The Morgan fingerprint density at radius 3 is 2.87 bits per heavy atom.